The molecule has 1 aliphatic rings. The second-order valence-electron chi connectivity index (χ2n) is 9.16. The Balaban J connectivity index is 1.65. The average molecular weight is 608 g/mol. The predicted octanol–water partition coefficient (Wildman–Crippen LogP) is 3.82. The van der Waals surface area contributed by atoms with Crippen LogP contribution in [0.4, 0.5) is 11.4 Å². The van der Waals surface area contributed by atoms with Gasteiger partial charge in [0.15, 0.2) is 0 Å². The van der Waals surface area contributed by atoms with Crippen LogP contribution in [-0.4, -0.2) is 67.0 Å². The van der Waals surface area contributed by atoms with Crippen molar-refractivity contribution in [3.63, 3.8) is 0 Å². The Kier molecular flexibility index (Phi) is 9.06. The maximum atomic E-state index is 13.7. The van der Waals surface area contributed by atoms with Gasteiger partial charge in [0.1, 0.15) is 17.2 Å². The quantitative estimate of drug-likeness (QED) is 0.392. The number of amides is 1. The summed E-state index contributed by atoms with van der Waals surface area (Å²) in [7, 11) is -6.75. The van der Waals surface area contributed by atoms with Gasteiger partial charge in [-0.1, -0.05) is 17.7 Å². The largest absolute Gasteiger partial charge is 0.495 e. The van der Waals surface area contributed by atoms with E-state index in [2.05, 4.69) is 5.32 Å². The molecule has 0 aliphatic carbocycles. The number of sulfonamides is 2. The zero-order valence-electron chi connectivity index (χ0n) is 22.3. The molecule has 10 nitrogen and oxygen atoms in total. The van der Waals surface area contributed by atoms with Crippen molar-refractivity contribution in [2.24, 2.45) is 0 Å². The minimum absolute atomic E-state index is 0.0359. The summed E-state index contributed by atoms with van der Waals surface area (Å²) in [4.78, 5) is 13.1. The first kappa shape index (κ1) is 29.8. The van der Waals surface area contributed by atoms with E-state index in [1.807, 2.05) is 13.8 Å². The lowest BCUT2D eigenvalue weighted by molar-refractivity contribution is -0.114. The van der Waals surface area contributed by atoms with Crippen molar-refractivity contribution in [2.45, 2.75) is 23.6 Å². The molecule has 0 saturated carbocycles. The van der Waals surface area contributed by atoms with Crippen LogP contribution < -0.4 is 14.4 Å². The molecule has 1 aliphatic heterocycles. The van der Waals surface area contributed by atoms with Gasteiger partial charge in [-0.05, 0) is 79.6 Å². The van der Waals surface area contributed by atoms with Crippen LogP contribution in [0.3, 0.4) is 0 Å². The molecule has 1 saturated heterocycles. The lowest BCUT2D eigenvalue weighted by Gasteiger charge is -2.27. The van der Waals surface area contributed by atoms with Crippen molar-refractivity contribution >= 4 is 48.9 Å². The van der Waals surface area contributed by atoms with E-state index in [9.17, 15) is 21.6 Å². The van der Waals surface area contributed by atoms with Crippen LogP contribution >= 0.6 is 11.6 Å². The van der Waals surface area contributed by atoms with Crippen molar-refractivity contribution in [3.8, 4) is 5.75 Å². The van der Waals surface area contributed by atoms with Crippen LogP contribution in [0.2, 0.25) is 5.02 Å². The molecular weight excluding hydrogens is 578 g/mol. The van der Waals surface area contributed by atoms with Gasteiger partial charge in [-0.15, -0.1) is 0 Å². The van der Waals surface area contributed by atoms with E-state index in [1.165, 1.54) is 53.9 Å². The monoisotopic (exact) mass is 607 g/mol. The standard InChI is InChI=1S/C27H30ClN3O7S2/c1-19-4-8-23(16-20(19)2)31(39(33,34)24-9-5-21(28)6-10-24)18-27(32)29-22-7-11-25(37-3)26(17-22)40(35,36)30-12-14-38-15-13-30/h4-11,16-17H,12-15,18H2,1-3H3,(H,29,32). The second kappa shape index (κ2) is 12.1. The Labute approximate surface area is 239 Å². The fourth-order valence-electron chi connectivity index (χ4n) is 4.14. The SMILES string of the molecule is COc1ccc(NC(=O)CN(c2ccc(C)c(C)c2)S(=O)(=O)c2ccc(Cl)cc2)cc1S(=O)(=O)N1CCOCC1. The molecule has 3 aromatic carbocycles. The van der Waals surface area contributed by atoms with Gasteiger partial charge in [0.2, 0.25) is 15.9 Å². The first-order valence-corrected chi connectivity index (χ1v) is 15.6. The minimum Gasteiger partial charge on any atom is -0.495 e. The van der Waals surface area contributed by atoms with Gasteiger partial charge in [0.25, 0.3) is 10.0 Å². The van der Waals surface area contributed by atoms with Crippen LogP contribution in [0, 0.1) is 13.8 Å². The van der Waals surface area contributed by atoms with Gasteiger partial charge >= 0.3 is 0 Å². The van der Waals surface area contributed by atoms with Gasteiger partial charge < -0.3 is 14.8 Å². The van der Waals surface area contributed by atoms with Crippen molar-refractivity contribution < 1.29 is 31.1 Å². The van der Waals surface area contributed by atoms with E-state index >= 15 is 0 Å². The summed E-state index contributed by atoms with van der Waals surface area (Å²) in [5.74, 6) is -0.554. The molecule has 214 valence electrons. The van der Waals surface area contributed by atoms with Gasteiger partial charge in [-0.25, -0.2) is 16.8 Å². The molecule has 4 rings (SSSR count). The first-order chi connectivity index (χ1) is 18.9. The lowest BCUT2D eigenvalue weighted by atomic mass is 10.1. The Morgan fingerprint density at radius 1 is 0.975 bits per heavy atom. The van der Waals surface area contributed by atoms with Crippen LogP contribution in [0.15, 0.2) is 70.5 Å². The average Bonchev–Trinajstić information content (AvgIpc) is 2.94. The molecule has 40 heavy (non-hydrogen) atoms. The summed E-state index contributed by atoms with van der Waals surface area (Å²) in [5.41, 5.74) is 2.28. The third kappa shape index (κ3) is 6.42. The highest BCUT2D eigenvalue weighted by molar-refractivity contribution is 7.92. The van der Waals surface area contributed by atoms with E-state index < -0.39 is 32.5 Å². The number of carbonyl (C=O) groups excluding carboxylic acids is 1. The Bertz CT molecular complexity index is 1610. The highest BCUT2D eigenvalue weighted by atomic mass is 35.5. The van der Waals surface area contributed by atoms with Crippen LogP contribution in [-0.2, 0) is 29.6 Å². The number of anilines is 2. The van der Waals surface area contributed by atoms with Crippen LogP contribution in [0.1, 0.15) is 11.1 Å². The molecule has 13 heteroatoms. The molecule has 3 aromatic rings. The van der Waals surface area contributed by atoms with Gasteiger partial charge in [0, 0.05) is 23.8 Å². The summed E-state index contributed by atoms with van der Waals surface area (Å²) in [6.07, 6.45) is 0. The molecule has 1 heterocycles. The summed E-state index contributed by atoms with van der Waals surface area (Å²) >= 11 is 5.95. The number of nitrogens with zero attached hydrogens (tertiary/aromatic N) is 2. The number of hydrogen-bond acceptors (Lipinski definition) is 7. The number of halogens is 1. The number of benzene rings is 3. The number of nitrogens with one attached hydrogen (secondary N) is 1. The maximum Gasteiger partial charge on any atom is 0.264 e. The molecule has 0 aromatic heterocycles. The number of aryl methyl sites for hydroxylation is 2. The third-order valence-corrected chi connectivity index (χ3v) is 10.5. The first-order valence-electron chi connectivity index (χ1n) is 12.3. The van der Waals surface area contributed by atoms with Crippen molar-refractivity contribution in [3.05, 3.63) is 76.8 Å². The highest BCUT2D eigenvalue weighted by Crippen LogP contribution is 2.31. The number of hydrogen-bond donors (Lipinski definition) is 1. The minimum atomic E-state index is -4.16. The zero-order valence-corrected chi connectivity index (χ0v) is 24.6. The maximum absolute atomic E-state index is 13.7. The Morgan fingerprint density at radius 2 is 1.65 bits per heavy atom. The van der Waals surface area contributed by atoms with Gasteiger partial charge in [-0.2, -0.15) is 4.31 Å². The number of morpholine rings is 1. The van der Waals surface area contributed by atoms with Crippen molar-refractivity contribution in [1.29, 1.82) is 0 Å². The fourth-order valence-corrected chi connectivity index (χ4v) is 7.27. The zero-order chi connectivity index (χ0) is 29.1. The van der Waals surface area contributed by atoms with Crippen molar-refractivity contribution in [2.75, 3.05) is 49.6 Å². The number of methoxy groups -OCH3 is 1. The third-order valence-electron chi connectivity index (χ3n) is 6.50. The molecule has 0 bridgehead atoms. The fraction of sp³-hybridized carbons (Fsp3) is 0.296. The molecule has 0 unspecified atom stereocenters. The normalized spacial score (nSPS) is 14.5. The molecule has 1 fully saturated rings. The van der Waals surface area contributed by atoms with E-state index in [0.29, 0.717) is 10.7 Å². The van der Waals surface area contributed by atoms with Crippen LogP contribution in [0.25, 0.3) is 0 Å². The topological polar surface area (TPSA) is 122 Å². The Morgan fingerprint density at radius 3 is 2.27 bits per heavy atom. The molecule has 0 atom stereocenters. The van der Waals surface area contributed by atoms with Crippen molar-refractivity contribution in [1.82, 2.24) is 4.31 Å². The van der Waals surface area contributed by atoms with Gasteiger partial charge in [0.05, 0.1) is 30.9 Å². The number of rotatable bonds is 9. The second-order valence-corrected chi connectivity index (χ2v) is 13.4. The smallest absolute Gasteiger partial charge is 0.264 e. The number of ether oxygens (including phenoxy) is 2. The molecule has 1 N–H and O–H groups in total. The summed E-state index contributed by atoms with van der Waals surface area (Å²) < 4.78 is 66.8. The van der Waals surface area contributed by atoms with Crippen LogP contribution in [0.5, 0.6) is 5.75 Å². The lowest BCUT2D eigenvalue weighted by Crippen LogP contribution is -2.40. The molecule has 0 radical (unpaired) electrons. The Hall–Kier alpha value is -3.16. The summed E-state index contributed by atoms with van der Waals surface area (Å²) in [5, 5.41) is 3.01. The van der Waals surface area contributed by atoms with E-state index in [-0.39, 0.29) is 47.5 Å². The predicted molar refractivity (Wildman–Crippen MR) is 153 cm³/mol. The van der Waals surface area contributed by atoms with Gasteiger partial charge in [-0.3, -0.25) is 9.10 Å². The van der Waals surface area contributed by atoms with E-state index in [0.717, 1.165) is 15.4 Å². The summed E-state index contributed by atoms with van der Waals surface area (Å²) in [6, 6.07) is 15.0. The van der Waals surface area contributed by atoms with E-state index in [4.69, 9.17) is 21.1 Å². The van der Waals surface area contributed by atoms with E-state index in [1.54, 1.807) is 18.2 Å². The highest BCUT2D eigenvalue weighted by Gasteiger charge is 2.31. The molecular formula is C27H30ClN3O7S2. The molecule has 1 amide bonds. The summed E-state index contributed by atoms with van der Waals surface area (Å²) in [6.45, 7) is 4.11. The molecule has 0 spiro atoms. The number of carbonyl (C=O) groups is 1.